The van der Waals surface area contributed by atoms with Gasteiger partial charge in [0.25, 0.3) is 0 Å². The zero-order valence-electron chi connectivity index (χ0n) is 12.6. The molecule has 0 amide bonds. The van der Waals surface area contributed by atoms with Crippen LogP contribution in [0.2, 0.25) is 0 Å². The van der Waals surface area contributed by atoms with E-state index in [1.54, 1.807) is 0 Å². The molecule has 0 aliphatic carbocycles. The number of hydrogen-bond acceptors (Lipinski definition) is 4. The largest absolute Gasteiger partial charge is 0.490 e. The number of nitrogens with zero attached hydrogens (tertiary/aromatic N) is 1. The van der Waals surface area contributed by atoms with Gasteiger partial charge in [0.2, 0.25) is 0 Å². The topological polar surface area (TPSA) is 43.4 Å². The molecule has 1 aliphatic rings. The van der Waals surface area contributed by atoms with Crippen LogP contribution in [0.15, 0.2) is 34.9 Å². The highest BCUT2D eigenvalue weighted by Gasteiger charge is 2.15. The first-order chi connectivity index (χ1) is 10.7. The van der Waals surface area contributed by atoms with E-state index in [-0.39, 0.29) is 0 Å². The van der Waals surface area contributed by atoms with Crippen molar-refractivity contribution >= 4 is 15.9 Å². The summed E-state index contributed by atoms with van der Waals surface area (Å²) in [6, 6.07) is 8.16. The molecule has 2 aromatic rings. The highest BCUT2D eigenvalue weighted by molar-refractivity contribution is 9.10. The molecule has 3 rings (SSSR count). The third-order valence-electron chi connectivity index (χ3n) is 3.60. The van der Waals surface area contributed by atoms with E-state index in [0.717, 1.165) is 46.7 Å². The van der Waals surface area contributed by atoms with Crippen LogP contribution in [0.1, 0.15) is 23.2 Å². The van der Waals surface area contributed by atoms with Gasteiger partial charge in [0, 0.05) is 25.7 Å². The minimum atomic E-state index is 0.697. The number of aromatic nitrogens is 1. The third kappa shape index (κ3) is 3.59. The predicted octanol–water partition coefficient (Wildman–Crippen LogP) is 3.60. The Labute approximate surface area is 139 Å². The van der Waals surface area contributed by atoms with Crippen molar-refractivity contribution < 1.29 is 9.47 Å². The van der Waals surface area contributed by atoms with Gasteiger partial charge in [0.1, 0.15) is 0 Å². The highest BCUT2D eigenvalue weighted by Crippen LogP contribution is 2.38. The van der Waals surface area contributed by atoms with Crippen molar-refractivity contribution in [2.45, 2.75) is 26.4 Å². The SMILES string of the molecule is Cc1cccnc1CNCc1cc(Br)c2c(c1)OCCCO2. The average Bonchev–Trinajstić information content (AvgIpc) is 2.75. The van der Waals surface area contributed by atoms with Gasteiger partial charge in [-0.2, -0.15) is 0 Å². The van der Waals surface area contributed by atoms with Gasteiger partial charge in [-0.3, -0.25) is 4.98 Å². The van der Waals surface area contributed by atoms with E-state index < -0.39 is 0 Å². The maximum Gasteiger partial charge on any atom is 0.175 e. The first-order valence-corrected chi connectivity index (χ1v) is 8.22. The van der Waals surface area contributed by atoms with Gasteiger partial charge in [0.15, 0.2) is 11.5 Å². The number of halogens is 1. The van der Waals surface area contributed by atoms with E-state index >= 15 is 0 Å². The van der Waals surface area contributed by atoms with Crippen molar-refractivity contribution in [3.8, 4) is 11.5 Å². The third-order valence-corrected chi connectivity index (χ3v) is 4.19. The van der Waals surface area contributed by atoms with Crippen molar-refractivity contribution in [1.29, 1.82) is 0 Å². The Kier molecular flexibility index (Phi) is 4.95. The molecule has 1 aromatic heterocycles. The smallest absolute Gasteiger partial charge is 0.175 e. The molecule has 0 spiro atoms. The van der Waals surface area contributed by atoms with Gasteiger partial charge in [-0.1, -0.05) is 6.07 Å². The summed E-state index contributed by atoms with van der Waals surface area (Å²) in [5.41, 5.74) is 3.44. The van der Waals surface area contributed by atoms with Crippen molar-refractivity contribution in [2.75, 3.05) is 13.2 Å². The summed E-state index contributed by atoms with van der Waals surface area (Å²) in [6.07, 6.45) is 2.74. The molecular formula is C17H19BrN2O2. The molecule has 0 bridgehead atoms. The van der Waals surface area contributed by atoms with Crippen LogP contribution in [0, 0.1) is 6.92 Å². The molecule has 0 saturated heterocycles. The van der Waals surface area contributed by atoms with Crippen LogP contribution in [-0.2, 0) is 13.1 Å². The van der Waals surface area contributed by atoms with Crippen LogP contribution >= 0.6 is 15.9 Å². The minimum Gasteiger partial charge on any atom is -0.490 e. The number of aryl methyl sites for hydroxylation is 1. The van der Waals surface area contributed by atoms with Gasteiger partial charge < -0.3 is 14.8 Å². The van der Waals surface area contributed by atoms with Gasteiger partial charge >= 0.3 is 0 Å². The van der Waals surface area contributed by atoms with E-state index in [9.17, 15) is 0 Å². The maximum absolute atomic E-state index is 5.76. The summed E-state index contributed by atoms with van der Waals surface area (Å²) in [4.78, 5) is 4.39. The molecule has 0 radical (unpaired) electrons. The first kappa shape index (κ1) is 15.3. The fourth-order valence-corrected chi connectivity index (χ4v) is 3.02. The van der Waals surface area contributed by atoms with Crippen LogP contribution in [0.4, 0.5) is 0 Å². The summed E-state index contributed by atoms with van der Waals surface area (Å²) < 4.78 is 12.4. The molecular weight excluding hydrogens is 344 g/mol. The maximum atomic E-state index is 5.76. The Hall–Kier alpha value is -1.59. The van der Waals surface area contributed by atoms with E-state index in [0.29, 0.717) is 13.2 Å². The van der Waals surface area contributed by atoms with Crippen LogP contribution in [0.5, 0.6) is 11.5 Å². The summed E-state index contributed by atoms with van der Waals surface area (Å²) in [5.74, 6) is 1.62. The fraction of sp³-hybridized carbons (Fsp3) is 0.353. The molecule has 22 heavy (non-hydrogen) atoms. The lowest BCUT2D eigenvalue weighted by atomic mass is 10.2. The lowest BCUT2D eigenvalue weighted by molar-refractivity contribution is 0.296. The average molecular weight is 363 g/mol. The van der Waals surface area contributed by atoms with Gasteiger partial charge in [-0.25, -0.2) is 0 Å². The van der Waals surface area contributed by atoms with Crippen LogP contribution in [0.25, 0.3) is 0 Å². The Morgan fingerprint density at radius 3 is 2.95 bits per heavy atom. The van der Waals surface area contributed by atoms with Gasteiger partial charge in [0.05, 0.1) is 23.4 Å². The minimum absolute atomic E-state index is 0.697. The second-order valence-electron chi connectivity index (χ2n) is 5.33. The van der Waals surface area contributed by atoms with Crippen LogP contribution in [0.3, 0.4) is 0 Å². The Balaban J connectivity index is 1.67. The zero-order chi connectivity index (χ0) is 15.4. The lowest BCUT2D eigenvalue weighted by Crippen LogP contribution is -2.14. The molecule has 5 heteroatoms. The number of nitrogens with one attached hydrogen (secondary N) is 1. The number of pyridine rings is 1. The molecule has 1 aliphatic heterocycles. The van der Waals surface area contributed by atoms with Crippen molar-refractivity contribution in [3.05, 3.63) is 51.8 Å². The number of benzene rings is 1. The molecule has 1 aromatic carbocycles. The summed E-state index contributed by atoms with van der Waals surface area (Å²) in [7, 11) is 0. The van der Waals surface area contributed by atoms with Crippen molar-refractivity contribution in [1.82, 2.24) is 10.3 Å². The Morgan fingerprint density at radius 2 is 2.09 bits per heavy atom. The molecule has 0 unspecified atom stereocenters. The number of hydrogen-bond donors (Lipinski definition) is 1. The fourth-order valence-electron chi connectivity index (χ4n) is 2.41. The summed E-state index contributed by atoms with van der Waals surface area (Å²) in [6.45, 7) is 4.98. The Bertz CT molecular complexity index is 661. The van der Waals surface area contributed by atoms with E-state index in [1.165, 1.54) is 5.56 Å². The summed E-state index contributed by atoms with van der Waals surface area (Å²) >= 11 is 3.57. The monoisotopic (exact) mass is 362 g/mol. The quantitative estimate of drug-likeness (QED) is 0.902. The van der Waals surface area contributed by atoms with E-state index in [4.69, 9.17) is 9.47 Å². The van der Waals surface area contributed by atoms with Crippen LogP contribution < -0.4 is 14.8 Å². The number of rotatable bonds is 4. The molecule has 4 nitrogen and oxygen atoms in total. The standard InChI is InChI=1S/C17H19BrN2O2/c1-12-4-2-5-20-15(12)11-19-10-13-8-14(18)17-16(9-13)21-6-3-7-22-17/h2,4-5,8-9,19H,3,6-7,10-11H2,1H3. The molecule has 116 valence electrons. The number of fused-ring (bicyclic) bond motifs is 1. The normalized spacial score (nSPS) is 13.7. The summed E-state index contributed by atoms with van der Waals surface area (Å²) in [5, 5.41) is 3.43. The van der Waals surface area contributed by atoms with E-state index in [1.807, 2.05) is 18.3 Å². The van der Waals surface area contributed by atoms with Gasteiger partial charge in [-0.15, -0.1) is 0 Å². The number of ether oxygens (including phenoxy) is 2. The molecule has 1 N–H and O–H groups in total. The second kappa shape index (κ2) is 7.11. The van der Waals surface area contributed by atoms with Gasteiger partial charge in [-0.05, 0) is 52.2 Å². The zero-order valence-corrected chi connectivity index (χ0v) is 14.1. The molecule has 2 heterocycles. The Morgan fingerprint density at radius 1 is 1.23 bits per heavy atom. The van der Waals surface area contributed by atoms with Crippen LogP contribution in [-0.4, -0.2) is 18.2 Å². The molecule has 0 saturated carbocycles. The molecule has 0 atom stereocenters. The first-order valence-electron chi connectivity index (χ1n) is 7.43. The predicted molar refractivity (Wildman–Crippen MR) is 89.3 cm³/mol. The highest BCUT2D eigenvalue weighted by atomic mass is 79.9. The lowest BCUT2D eigenvalue weighted by Gasteiger charge is -2.12. The van der Waals surface area contributed by atoms with Crippen molar-refractivity contribution in [2.24, 2.45) is 0 Å². The second-order valence-corrected chi connectivity index (χ2v) is 6.18. The van der Waals surface area contributed by atoms with E-state index in [2.05, 4.69) is 45.3 Å². The van der Waals surface area contributed by atoms with Crippen molar-refractivity contribution in [3.63, 3.8) is 0 Å². The molecule has 0 fully saturated rings.